The normalized spacial score (nSPS) is 11.7. The number of aryl methyl sites for hydroxylation is 3. The summed E-state index contributed by atoms with van der Waals surface area (Å²) >= 11 is 0. The van der Waals surface area contributed by atoms with Gasteiger partial charge in [-0.05, 0) is 120 Å². The Bertz CT molecular complexity index is 3510. The maximum atomic E-state index is 14.3. The van der Waals surface area contributed by atoms with E-state index in [2.05, 4.69) is 147 Å². The Kier molecular flexibility index (Phi) is 10.7. The molecule has 0 amide bonds. The second kappa shape index (κ2) is 17.1. The van der Waals surface area contributed by atoms with Crippen LogP contribution in [-0.4, -0.2) is 14.5 Å². The van der Waals surface area contributed by atoms with E-state index in [9.17, 15) is 13.2 Å². The van der Waals surface area contributed by atoms with Crippen molar-refractivity contribution in [1.29, 1.82) is 0 Å². The number of fused-ring (bicyclic) bond motifs is 3. The van der Waals surface area contributed by atoms with Crippen molar-refractivity contribution in [3.8, 4) is 84.1 Å². The molecule has 11 rings (SSSR count). The second-order valence-corrected chi connectivity index (χ2v) is 17.5. The summed E-state index contributed by atoms with van der Waals surface area (Å²) in [5.41, 5.74) is 17.2. The Morgan fingerprint density at radius 1 is 0.368 bits per heavy atom. The van der Waals surface area contributed by atoms with Crippen LogP contribution in [0.25, 0.3) is 106 Å². The third-order valence-electron chi connectivity index (χ3n) is 13.0. The van der Waals surface area contributed by atoms with Gasteiger partial charge in [0.2, 0.25) is 0 Å². The zero-order valence-electron chi connectivity index (χ0n) is 37.7. The van der Waals surface area contributed by atoms with Crippen LogP contribution < -0.4 is 0 Å². The minimum Gasteiger partial charge on any atom is -0.308 e. The van der Waals surface area contributed by atoms with Crippen molar-refractivity contribution < 1.29 is 13.2 Å². The van der Waals surface area contributed by atoms with E-state index in [1.54, 1.807) is 12.1 Å². The Balaban J connectivity index is 1.26. The third kappa shape index (κ3) is 7.84. The van der Waals surface area contributed by atoms with Gasteiger partial charge in [-0.1, -0.05) is 163 Å². The Labute approximate surface area is 393 Å². The molecule has 0 aliphatic heterocycles. The van der Waals surface area contributed by atoms with Gasteiger partial charge < -0.3 is 4.57 Å². The molecular weight excluding hydrogens is 844 g/mol. The number of rotatable bonds is 8. The summed E-state index contributed by atoms with van der Waals surface area (Å²) in [4.78, 5) is 10.5. The lowest BCUT2D eigenvalue weighted by Crippen LogP contribution is -2.05. The number of alkyl halides is 3. The first kappa shape index (κ1) is 42.3. The third-order valence-corrected chi connectivity index (χ3v) is 13.0. The SMILES string of the molecule is Cc1ccc(-c2cc(-c3nc(-c4ccccc4)cc(-c4ccccc4)n3)cc(-c3ccc(C(F)(F)F)cc3)c2-n2c3ccc(-c4ccccc4C)cc3c3cc(-c4ccccc4C)ccc32)cc1. The molecule has 328 valence electrons. The van der Waals surface area contributed by atoms with Gasteiger partial charge in [-0.3, -0.25) is 0 Å². The van der Waals surface area contributed by atoms with Crippen LogP contribution in [0.15, 0.2) is 212 Å². The molecule has 2 aromatic heterocycles. The monoisotopic (exact) mass is 887 g/mol. The molecule has 0 aliphatic carbocycles. The van der Waals surface area contributed by atoms with E-state index in [0.717, 1.165) is 100 Å². The van der Waals surface area contributed by atoms with Crippen LogP contribution in [0.2, 0.25) is 0 Å². The summed E-state index contributed by atoms with van der Waals surface area (Å²) in [5, 5.41) is 2.11. The number of halogens is 3. The molecule has 0 spiro atoms. The molecule has 68 heavy (non-hydrogen) atoms. The molecule has 9 aromatic carbocycles. The molecule has 0 fully saturated rings. The Hall–Kier alpha value is -8.35. The molecule has 0 bridgehead atoms. The fraction of sp³-hybridized carbons (Fsp3) is 0.0645. The van der Waals surface area contributed by atoms with E-state index in [4.69, 9.17) is 9.97 Å². The summed E-state index contributed by atoms with van der Waals surface area (Å²) in [7, 11) is 0. The second-order valence-electron chi connectivity index (χ2n) is 17.5. The highest BCUT2D eigenvalue weighted by Crippen LogP contribution is 2.46. The molecule has 0 unspecified atom stereocenters. The molecule has 0 aliphatic rings. The number of aromatic nitrogens is 3. The van der Waals surface area contributed by atoms with Gasteiger partial charge in [0.15, 0.2) is 5.82 Å². The smallest absolute Gasteiger partial charge is 0.308 e. The van der Waals surface area contributed by atoms with Gasteiger partial charge in [-0.15, -0.1) is 0 Å². The van der Waals surface area contributed by atoms with Crippen molar-refractivity contribution in [2.75, 3.05) is 0 Å². The summed E-state index contributed by atoms with van der Waals surface area (Å²) in [6, 6.07) is 70.3. The van der Waals surface area contributed by atoms with Gasteiger partial charge >= 0.3 is 6.18 Å². The van der Waals surface area contributed by atoms with E-state index >= 15 is 0 Å². The maximum Gasteiger partial charge on any atom is 0.416 e. The largest absolute Gasteiger partial charge is 0.416 e. The van der Waals surface area contributed by atoms with Gasteiger partial charge in [-0.25, -0.2) is 9.97 Å². The Morgan fingerprint density at radius 3 is 1.25 bits per heavy atom. The van der Waals surface area contributed by atoms with Gasteiger partial charge in [0.25, 0.3) is 0 Å². The molecule has 0 radical (unpaired) electrons. The topological polar surface area (TPSA) is 30.7 Å². The number of benzene rings is 9. The van der Waals surface area contributed by atoms with Gasteiger partial charge in [0.05, 0.1) is 33.7 Å². The van der Waals surface area contributed by atoms with E-state index in [1.807, 2.05) is 66.7 Å². The highest BCUT2D eigenvalue weighted by atomic mass is 19.4. The van der Waals surface area contributed by atoms with Crippen LogP contribution in [0.3, 0.4) is 0 Å². The van der Waals surface area contributed by atoms with Crippen molar-refractivity contribution in [2.45, 2.75) is 26.9 Å². The van der Waals surface area contributed by atoms with E-state index in [1.165, 1.54) is 23.3 Å². The molecule has 0 saturated carbocycles. The minimum atomic E-state index is -4.51. The van der Waals surface area contributed by atoms with Crippen LogP contribution in [0.5, 0.6) is 0 Å². The first-order valence-corrected chi connectivity index (χ1v) is 22.7. The summed E-state index contributed by atoms with van der Waals surface area (Å²) in [6.07, 6.45) is -4.51. The first-order valence-electron chi connectivity index (χ1n) is 22.7. The van der Waals surface area contributed by atoms with E-state index < -0.39 is 11.7 Å². The van der Waals surface area contributed by atoms with E-state index in [0.29, 0.717) is 11.4 Å². The summed E-state index contributed by atoms with van der Waals surface area (Å²) in [6.45, 7) is 6.33. The van der Waals surface area contributed by atoms with Crippen LogP contribution >= 0.6 is 0 Å². The lowest BCUT2D eigenvalue weighted by atomic mass is 9.91. The molecule has 3 nitrogen and oxygen atoms in total. The van der Waals surface area contributed by atoms with Crippen molar-refractivity contribution in [3.63, 3.8) is 0 Å². The van der Waals surface area contributed by atoms with E-state index in [-0.39, 0.29) is 0 Å². The van der Waals surface area contributed by atoms with Crippen molar-refractivity contribution in [3.05, 3.63) is 235 Å². The molecule has 6 heteroatoms. The zero-order chi connectivity index (χ0) is 46.5. The fourth-order valence-electron chi connectivity index (χ4n) is 9.50. The number of hydrogen-bond donors (Lipinski definition) is 0. The highest BCUT2D eigenvalue weighted by molar-refractivity contribution is 6.13. The average Bonchev–Trinajstić information content (AvgIpc) is 3.69. The van der Waals surface area contributed by atoms with Crippen molar-refractivity contribution >= 4 is 21.8 Å². The number of nitrogens with zero attached hydrogens (tertiary/aromatic N) is 3. The van der Waals surface area contributed by atoms with Crippen LogP contribution in [0.4, 0.5) is 13.2 Å². The highest BCUT2D eigenvalue weighted by Gasteiger charge is 2.31. The van der Waals surface area contributed by atoms with Gasteiger partial charge in [0.1, 0.15) is 0 Å². The fourth-order valence-corrected chi connectivity index (χ4v) is 9.50. The maximum absolute atomic E-state index is 14.3. The zero-order valence-corrected chi connectivity index (χ0v) is 37.7. The van der Waals surface area contributed by atoms with Crippen LogP contribution in [0, 0.1) is 20.8 Å². The number of hydrogen-bond acceptors (Lipinski definition) is 2. The summed E-state index contributed by atoms with van der Waals surface area (Å²) in [5.74, 6) is 0.492. The lowest BCUT2D eigenvalue weighted by molar-refractivity contribution is -0.137. The first-order chi connectivity index (χ1) is 33.1. The molecule has 11 aromatic rings. The van der Waals surface area contributed by atoms with Gasteiger partial charge in [-0.2, -0.15) is 13.2 Å². The van der Waals surface area contributed by atoms with Crippen molar-refractivity contribution in [2.24, 2.45) is 0 Å². The standard InChI is InChI=1S/C62H44F3N3/c1-39-22-24-42(25-23-39)52-36-48(61-66-56(44-16-6-4-7-17-44)38-57(67-61)45-18-8-5-9-19-45)37-53(43-26-30-49(31-27-43)62(63,64)65)60(52)68-58-32-28-46(50-20-12-10-14-40(50)2)34-54(58)55-35-47(29-33-59(55)68)51-21-13-11-15-41(51)3/h4-38H,1-3H3. The minimum absolute atomic E-state index is 0.492. The molecule has 0 atom stereocenters. The molecule has 2 heterocycles. The van der Waals surface area contributed by atoms with Gasteiger partial charge in [0, 0.05) is 38.6 Å². The quantitative estimate of drug-likeness (QED) is 0.152. The Morgan fingerprint density at radius 2 is 0.794 bits per heavy atom. The van der Waals surface area contributed by atoms with Crippen molar-refractivity contribution in [1.82, 2.24) is 14.5 Å². The van der Waals surface area contributed by atoms with Crippen LogP contribution in [0.1, 0.15) is 22.3 Å². The summed E-state index contributed by atoms with van der Waals surface area (Å²) < 4.78 is 45.1. The lowest BCUT2D eigenvalue weighted by Gasteiger charge is -2.22. The molecule has 0 saturated heterocycles. The van der Waals surface area contributed by atoms with Crippen LogP contribution in [-0.2, 0) is 6.18 Å². The molecule has 0 N–H and O–H groups in total. The molecular formula is C62H44F3N3. The average molecular weight is 888 g/mol. The predicted octanol–water partition coefficient (Wildman–Crippen LogP) is 17.2. The predicted molar refractivity (Wildman–Crippen MR) is 274 cm³/mol.